The third kappa shape index (κ3) is 3.08. The minimum Gasteiger partial charge on any atom is -0.467 e. The van der Waals surface area contributed by atoms with Crippen LogP contribution in [0.1, 0.15) is 20.1 Å². The molecule has 1 aromatic heterocycles. The Morgan fingerprint density at radius 1 is 1.27 bits per heavy atom. The van der Waals surface area contributed by atoms with Crippen molar-refractivity contribution in [2.75, 3.05) is 0 Å². The highest BCUT2D eigenvalue weighted by Gasteiger charge is 2.47. The highest BCUT2D eigenvalue weighted by atomic mass is 16.6. The van der Waals surface area contributed by atoms with Gasteiger partial charge in [0.2, 0.25) is 18.4 Å². The van der Waals surface area contributed by atoms with Crippen LogP contribution in [-0.2, 0) is 23.8 Å². The van der Waals surface area contributed by atoms with E-state index in [2.05, 4.69) is 11.6 Å². The van der Waals surface area contributed by atoms with E-state index in [1.165, 1.54) is 20.0 Å². The Morgan fingerprint density at radius 2 is 1.91 bits per heavy atom. The fourth-order valence-electron chi connectivity index (χ4n) is 2.09. The lowest BCUT2D eigenvalue weighted by molar-refractivity contribution is -0.164. The van der Waals surface area contributed by atoms with Gasteiger partial charge in [-0.2, -0.15) is 0 Å². The molecule has 1 aliphatic rings. The van der Waals surface area contributed by atoms with E-state index in [-0.39, 0.29) is 5.76 Å². The number of esters is 2. The molecule has 1 aliphatic heterocycles. The molecule has 1 fully saturated rings. The zero-order chi connectivity index (χ0) is 16.4. The maximum absolute atomic E-state index is 11.8. The third-order valence-electron chi connectivity index (χ3n) is 2.89. The number of hydrogen-bond donors (Lipinski definition) is 1. The Labute approximate surface area is 124 Å². The summed E-state index contributed by atoms with van der Waals surface area (Å²) >= 11 is 0. The molecule has 0 radical (unpaired) electrons. The second-order valence-corrected chi connectivity index (χ2v) is 4.60. The minimum absolute atomic E-state index is 0.0320. The maximum atomic E-state index is 11.8. The Hall–Kier alpha value is -2.84. The molecular formula is C13H14N2O7. The fourth-order valence-corrected chi connectivity index (χ4v) is 2.09. The summed E-state index contributed by atoms with van der Waals surface area (Å²) in [6.07, 6.45) is -2.07. The summed E-state index contributed by atoms with van der Waals surface area (Å²) in [5.41, 5.74) is -1.34. The summed E-state index contributed by atoms with van der Waals surface area (Å²) in [6, 6.07) is 1.11. The Balaban J connectivity index is 2.42. The predicted octanol–water partition coefficient (Wildman–Crippen LogP) is -0.557. The molecule has 9 nitrogen and oxygen atoms in total. The van der Waals surface area contributed by atoms with Crippen LogP contribution in [0.15, 0.2) is 34.2 Å². The van der Waals surface area contributed by atoms with Gasteiger partial charge in [-0.1, -0.05) is 6.58 Å². The quantitative estimate of drug-likeness (QED) is 0.744. The van der Waals surface area contributed by atoms with Crippen molar-refractivity contribution in [1.29, 1.82) is 0 Å². The van der Waals surface area contributed by atoms with Crippen LogP contribution in [0.3, 0.4) is 0 Å². The average Bonchev–Trinajstić information content (AvgIpc) is 2.66. The first-order valence-corrected chi connectivity index (χ1v) is 6.31. The van der Waals surface area contributed by atoms with Crippen molar-refractivity contribution in [3.8, 4) is 0 Å². The summed E-state index contributed by atoms with van der Waals surface area (Å²) in [6.45, 7) is 5.93. The maximum Gasteiger partial charge on any atom is 0.331 e. The SMILES string of the molecule is C=C1O[C@@H](n2ccc(=O)[nH]c2=O)[C@H](OC(C)=O)[C@@H]1OC(C)=O. The van der Waals surface area contributed by atoms with Gasteiger partial charge in [-0.3, -0.25) is 23.9 Å². The molecule has 1 saturated heterocycles. The van der Waals surface area contributed by atoms with Gasteiger partial charge in [0.25, 0.3) is 5.56 Å². The van der Waals surface area contributed by atoms with Crippen LogP contribution in [0.5, 0.6) is 0 Å². The number of rotatable bonds is 3. The molecule has 0 amide bonds. The molecule has 1 aromatic rings. The molecule has 118 valence electrons. The van der Waals surface area contributed by atoms with E-state index >= 15 is 0 Å². The largest absolute Gasteiger partial charge is 0.467 e. The number of nitrogens with one attached hydrogen (secondary N) is 1. The van der Waals surface area contributed by atoms with Gasteiger partial charge in [0.1, 0.15) is 5.76 Å². The third-order valence-corrected chi connectivity index (χ3v) is 2.89. The van der Waals surface area contributed by atoms with Crippen LogP contribution in [0, 0.1) is 0 Å². The highest BCUT2D eigenvalue weighted by molar-refractivity contribution is 5.67. The van der Waals surface area contributed by atoms with Crippen LogP contribution < -0.4 is 11.2 Å². The van der Waals surface area contributed by atoms with E-state index in [9.17, 15) is 19.2 Å². The monoisotopic (exact) mass is 310 g/mol. The second-order valence-electron chi connectivity index (χ2n) is 4.60. The number of nitrogens with zero attached hydrogens (tertiary/aromatic N) is 1. The van der Waals surface area contributed by atoms with Gasteiger partial charge in [0, 0.05) is 26.1 Å². The summed E-state index contributed by atoms with van der Waals surface area (Å²) in [4.78, 5) is 47.4. The van der Waals surface area contributed by atoms with Crippen molar-refractivity contribution in [3.63, 3.8) is 0 Å². The van der Waals surface area contributed by atoms with Crippen molar-refractivity contribution in [3.05, 3.63) is 45.4 Å². The zero-order valence-electron chi connectivity index (χ0n) is 11.9. The van der Waals surface area contributed by atoms with Crippen LogP contribution in [0.4, 0.5) is 0 Å². The van der Waals surface area contributed by atoms with E-state index in [4.69, 9.17) is 14.2 Å². The Bertz CT molecular complexity index is 732. The average molecular weight is 310 g/mol. The second kappa shape index (κ2) is 5.88. The topological polar surface area (TPSA) is 117 Å². The first kappa shape index (κ1) is 15.5. The van der Waals surface area contributed by atoms with Gasteiger partial charge in [-0.05, 0) is 0 Å². The van der Waals surface area contributed by atoms with E-state index < -0.39 is 41.6 Å². The fraction of sp³-hybridized carbons (Fsp3) is 0.385. The Kier molecular flexibility index (Phi) is 4.15. The first-order valence-electron chi connectivity index (χ1n) is 6.31. The molecule has 0 aromatic carbocycles. The van der Waals surface area contributed by atoms with Gasteiger partial charge in [0.05, 0.1) is 0 Å². The van der Waals surface area contributed by atoms with Gasteiger partial charge < -0.3 is 14.2 Å². The summed E-state index contributed by atoms with van der Waals surface area (Å²) in [7, 11) is 0. The zero-order valence-corrected chi connectivity index (χ0v) is 11.9. The first-order chi connectivity index (χ1) is 10.3. The molecule has 2 rings (SSSR count). The molecule has 0 bridgehead atoms. The van der Waals surface area contributed by atoms with Crippen molar-refractivity contribution in [1.82, 2.24) is 9.55 Å². The van der Waals surface area contributed by atoms with Crippen LogP contribution in [0.25, 0.3) is 0 Å². The van der Waals surface area contributed by atoms with Crippen LogP contribution >= 0.6 is 0 Å². The molecule has 0 spiro atoms. The van der Waals surface area contributed by atoms with Gasteiger partial charge >= 0.3 is 17.6 Å². The molecular weight excluding hydrogens is 296 g/mol. The molecule has 3 atom stereocenters. The van der Waals surface area contributed by atoms with E-state index in [1.807, 2.05) is 0 Å². The molecule has 0 saturated carbocycles. The minimum atomic E-state index is -1.11. The van der Waals surface area contributed by atoms with Crippen molar-refractivity contribution in [2.45, 2.75) is 32.3 Å². The van der Waals surface area contributed by atoms with E-state index in [0.717, 1.165) is 10.6 Å². The van der Waals surface area contributed by atoms with Gasteiger partial charge in [0.15, 0.2) is 0 Å². The number of H-pyrrole nitrogens is 1. The number of aromatic amines is 1. The van der Waals surface area contributed by atoms with Gasteiger partial charge in [-0.15, -0.1) is 0 Å². The van der Waals surface area contributed by atoms with Crippen LogP contribution in [0.2, 0.25) is 0 Å². The van der Waals surface area contributed by atoms with Crippen molar-refractivity contribution >= 4 is 11.9 Å². The highest BCUT2D eigenvalue weighted by Crippen LogP contribution is 2.34. The lowest BCUT2D eigenvalue weighted by atomic mass is 10.2. The number of carbonyl (C=O) groups excluding carboxylic acids is 2. The van der Waals surface area contributed by atoms with Gasteiger partial charge in [-0.25, -0.2) is 4.79 Å². The predicted molar refractivity (Wildman–Crippen MR) is 71.7 cm³/mol. The van der Waals surface area contributed by atoms with Crippen molar-refractivity contribution in [2.24, 2.45) is 0 Å². The molecule has 0 aliphatic carbocycles. The number of hydrogen-bond acceptors (Lipinski definition) is 7. The molecule has 1 N–H and O–H groups in total. The van der Waals surface area contributed by atoms with E-state index in [1.54, 1.807) is 0 Å². The lowest BCUT2D eigenvalue weighted by Crippen LogP contribution is -2.40. The number of ether oxygens (including phenoxy) is 3. The van der Waals surface area contributed by atoms with Crippen LogP contribution in [-0.4, -0.2) is 33.7 Å². The summed E-state index contributed by atoms with van der Waals surface area (Å²) in [5.74, 6) is -1.24. The Morgan fingerprint density at radius 3 is 2.45 bits per heavy atom. The standard InChI is InChI=1S/C13H14N2O7/c1-6-10(21-7(2)16)11(22-8(3)17)12(20-6)15-5-4-9(18)14-13(15)19/h4-5,10-12H,1H2,2-3H3,(H,14,18,19)/t10-,11-,12-/m1/s1. The number of aromatic nitrogens is 2. The van der Waals surface area contributed by atoms with Crippen molar-refractivity contribution < 1.29 is 23.8 Å². The summed E-state index contributed by atoms with van der Waals surface area (Å²) < 4.78 is 16.5. The number of carbonyl (C=O) groups is 2. The summed E-state index contributed by atoms with van der Waals surface area (Å²) in [5, 5.41) is 0. The smallest absolute Gasteiger partial charge is 0.331 e. The normalized spacial score (nSPS) is 23.7. The lowest BCUT2D eigenvalue weighted by Gasteiger charge is -2.21. The molecule has 22 heavy (non-hydrogen) atoms. The molecule has 9 heteroatoms. The molecule has 2 heterocycles. The molecule has 0 unspecified atom stereocenters. The van der Waals surface area contributed by atoms with E-state index in [0.29, 0.717) is 0 Å².